The van der Waals surface area contributed by atoms with Crippen molar-refractivity contribution >= 4 is 34.6 Å². The molecule has 1 aromatic carbocycles. The summed E-state index contributed by atoms with van der Waals surface area (Å²) in [6, 6.07) is 7.20. The van der Waals surface area contributed by atoms with E-state index in [-0.39, 0.29) is 16.7 Å². The number of hydrogen-bond donors (Lipinski definition) is 2. The number of nitrogens with zero attached hydrogens (tertiary/aromatic N) is 2. The van der Waals surface area contributed by atoms with Gasteiger partial charge in [-0.1, -0.05) is 18.2 Å². The number of rotatable bonds is 3. The smallest absolute Gasteiger partial charge is 0.232 e. The number of para-hydroxylation sites is 1. The molecule has 0 amide bonds. The molecule has 0 bridgehead atoms. The maximum Gasteiger partial charge on any atom is 0.232 e. The second kappa shape index (κ2) is 4.97. The zero-order valence-electron chi connectivity index (χ0n) is 9.59. The molecule has 1 heterocycles. The zero-order valence-corrected chi connectivity index (χ0v) is 10.4. The van der Waals surface area contributed by atoms with Crippen molar-refractivity contribution in [1.82, 2.24) is 5.01 Å². The Bertz CT molecular complexity index is 553. The Hall–Kier alpha value is -2.21. The van der Waals surface area contributed by atoms with Crippen LogP contribution < -0.4 is 11.1 Å². The molecule has 0 saturated heterocycles. The highest BCUT2D eigenvalue weighted by Gasteiger charge is 2.26. The standard InChI is InChI=1S/C12H12N4OS/c1-2-7-16(12(13)18)15-11-10(17)8-5-3-4-6-9(8)14-11/h2-6H,1,7H2,(H2,13,18)(H,14,15,17). The molecule has 0 unspecified atom stereocenters. The van der Waals surface area contributed by atoms with E-state index in [1.165, 1.54) is 5.01 Å². The lowest BCUT2D eigenvalue weighted by molar-refractivity contribution is 0.106. The Morgan fingerprint density at radius 2 is 2.28 bits per heavy atom. The third-order valence-electron chi connectivity index (χ3n) is 2.42. The lowest BCUT2D eigenvalue weighted by Crippen LogP contribution is -2.33. The molecule has 0 fully saturated rings. The van der Waals surface area contributed by atoms with Gasteiger partial charge in [-0.2, -0.15) is 0 Å². The second-order valence-corrected chi connectivity index (χ2v) is 4.08. The largest absolute Gasteiger partial charge is 0.375 e. The number of ketones is 1. The number of fused-ring (bicyclic) bond motifs is 1. The first-order valence-corrected chi connectivity index (χ1v) is 5.71. The van der Waals surface area contributed by atoms with E-state index in [2.05, 4.69) is 17.0 Å². The van der Waals surface area contributed by atoms with Gasteiger partial charge >= 0.3 is 0 Å². The number of anilines is 1. The first kappa shape index (κ1) is 12.3. The number of amidine groups is 1. The third kappa shape index (κ3) is 2.23. The van der Waals surface area contributed by atoms with Gasteiger partial charge in [0.15, 0.2) is 10.9 Å². The van der Waals surface area contributed by atoms with Crippen LogP contribution in [0.15, 0.2) is 42.0 Å². The van der Waals surface area contributed by atoms with E-state index < -0.39 is 0 Å². The van der Waals surface area contributed by atoms with Crippen molar-refractivity contribution in [2.24, 2.45) is 10.8 Å². The Kier molecular flexibility index (Phi) is 3.38. The van der Waals surface area contributed by atoms with Crippen LogP contribution >= 0.6 is 12.2 Å². The number of hydrazone groups is 1. The summed E-state index contributed by atoms with van der Waals surface area (Å²) in [7, 11) is 0. The minimum absolute atomic E-state index is 0.0907. The molecule has 0 aromatic heterocycles. The Balaban J connectivity index is 2.29. The number of carbonyl (C=O) groups is 1. The molecule has 0 spiro atoms. The molecule has 1 aliphatic rings. The number of benzene rings is 1. The quantitative estimate of drug-likeness (QED) is 0.487. The average molecular weight is 260 g/mol. The summed E-state index contributed by atoms with van der Waals surface area (Å²) in [5.41, 5.74) is 6.85. The van der Waals surface area contributed by atoms with Crippen molar-refractivity contribution in [1.29, 1.82) is 0 Å². The molecule has 0 atom stereocenters. The van der Waals surface area contributed by atoms with Gasteiger partial charge in [-0.05, 0) is 24.4 Å². The van der Waals surface area contributed by atoms with Crippen LogP contribution in [0.25, 0.3) is 0 Å². The van der Waals surface area contributed by atoms with Gasteiger partial charge in [0.2, 0.25) is 5.78 Å². The topological polar surface area (TPSA) is 70.7 Å². The Morgan fingerprint density at radius 3 is 2.89 bits per heavy atom. The molecule has 1 aromatic rings. The number of nitrogens with two attached hydrogens (primary N) is 1. The highest BCUT2D eigenvalue weighted by atomic mass is 32.1. The van der Waals surface area contributed by atoms with Gasteiger partial charge in [0.25, 0.3) is 0 Å². The van der Waals surface area contributed by atoms with E-state index in [0.717, 1.165) is 5.69 Å². The third-order valence-corrected chi connectivity index (χ3v) is 2.63. The first-order chi connectivity index (χ1) is 8.63. The number of hydrogen-bond acceptors (Lipinski definition) is 3. The van der Waals surface area contributed by atoms with Gasteiger partial charge in [-0.15, -0.1) is 11.7 Å². The minimum atomic E-state index is -0.170. The van der Waals surface area contributed by atoms with Crippen LogP contribution in [-0.2, 0) is 0 Å². The van der Waals surface area contributed by atoms with Gasteiger partial charge in [0.1, 0.15) is 0 Å². The molecular formula is C12H12N4OS. The van der Waals surface area contributed by atoms with Crippen molar-refractivity contribution < 1.29 is 4.79 Å². The van der Waals surface area contributed by atoms with Crippen LogP contribution in [0.4, 0.5) is 5.69 Å². The van der Waals surface area contributed by atoms with Crippen LogP contribution in [-0.4, -0.2) is 28.3 Å². The second-order valence-electron chi connectivity index (χ2n) is 3.66. The van der Waals surface area contributed by atoms with E-state index >= 15 is 0 Å². The van der Waals surface area contributed by atoms with E-state index in [1.54, 1.807) is 18.2 Å². The molecular weight excluding hydrogens is 248 g/mol. The Labute approximate surface area is 110 Å². The molecule has 18 heavy (non-hydrogen) atoms. The molecule has 0 radical (unpaired) electrons. The highest BCUT2D eigenvalue weighted by Crippen LogP contribution is 2.22. The van der Waals surface area contributed by atoms with Crippen LogP contribution in [0.2, 0.25) is 0 Å². The molecule has 0 aliphatic carbocycles. The summed E-state index contributed by atoms with van der Waals surface area (Å²) in [6.45, 7) is 3.94. The molecule has 5 nitrogen and oxygen atoms in total. The molecule has 6 heteroatoms. The monoisotopic (exact) mass is 260 g/mol. The molecule has 1 aliphatic heterocycles. The van der Waals surface area contributed by atoms with E-state index in [1.807, 2.05) is 12.1 Å². The lowest BCUT2D eigenvalue weighted by atomic mass is 10.1. The first-order valence-electron chi connectivity index (χ1n) is 5.30. The SMILES string of the molecule is C=CCN(N=C1Nc2ccccc2C1=O)C(N)=S. The predicted octanol–water partition coefficient (Wildman–Crippen LogP) is 1.34. The summed E-state index contributed by atoms with van der Waals surface area (Å²) < 4.78 is 0. The summed E-state index contributed by atoms with van der Waals surface area (Å²) in [6.07, 6.45) is 1.61. The van der Waals surface area contributed by atoms with Gasteiger partial charge in [0, 0.05) is 5.56 Å². The van der Waals surface area contributed by atoms with E-state index in [0.29, 0.717) is 12.1 Å². The molecule has 3 N–H and O–H groups in total. The molecule has 92 valence electrons. The van der Waals surface area contributed by atoms with Crippen LogP contribution in [0.5, 0.6) is 0 Å². The summed E-state index contributed by atoms with van der Waals surface area (Å²) >= 11 is 4.85. The lowest BCUT2D eigenvalue weighted by Gasteiger charge is -2.14. The van der Waals surface area contributed by atoms with Crippen molar-refractivity contribution in [2.45, 2.75) is 0 Å². The normalized spacial score (nSPS) is 15.1. The number of thiocarbonyl (C=S) groups is 1. The number of nitrogens with one attached hydrogen (secondary N) is 1. The number of carbonyl (C=O) groups excluding carboxylic acids is 1. The van der Waals surface area contributed by atoms with Gasteiger partial charge in [-0.25, -0.2) is 5.01 Å². The highest BCUT2D eigenvalue weighted by molar-refractivity contribution is 7.80. The summed E-state index contributed by atoms with van der Waals surface area (Å²) in [5.74, 6) is 0.0433. The predicted molar refractivity (Wildman–Crippen MR) is 75.5 cm³/mol. The van der Waals surface area contributed by atoms with Crippen molar-refractivity contribution in [3.8, 4) is 0 Å². The van der Waals surface area contributed by atoms with E-state index in [9.17, 15) is 4.79 Å². The minimum Gasteiger partial charge on any atom is -0.375 e. The van der Waals surface area contributed by atoms with Crippen LogP contribution in [0.1, 0.15) is 10.4 Å². The van der Waals surface area contributed by atoms with E-state index in [4.69, 9.17) is 18.0 Å². The maximum atomic E-state index is 12.0. The fraction of sp³-hybridized carbons (Fsp3) is 0.0833. The van der Waals surface area contributed by atoms with Crippen molar-refractivity contribution in [2.75, 3.05) is 11.9 Å². The fourth-order valence-corrected chi connectivity index (χ4v) is 1.71. The number of Topliss-reactive ketones (excluding diaryl/α,β-unsaturated/α-hetero) is 1. The van der Waals surface area contributed by atoms with Crippen LogP contribution in [0.3, 0.4) is 0 Å². The van der Waals surface area contributed by atoms with Gasteiger partial charge in [0.05, 0.1) is 12.2 Å². The van der Waals surface area contributed by atoms with Crippen molar-refractivity contribution in [3.05, 3.63) is 42.5 Å². The van der Waals surface area contributed by atoms with Crippen LogP contribution in [0, 0.1) is 0 Å². The Morgan fingerprint density at radius 1 is 1.56 bits per heavy atom. The summed E-state index contributed by atoms with van der Waals surface area (Å²) in [4.78, 5) is 12.0. The van der Waals surface area contributed by atoms with Gasteiger partial charge < -0.3 is 11.1 Å². The fourth-order valence-electron chi connectivity index (χ4n) is 1.60. The maximum absolute atomic E-state index is 12.0. The average Bonchev–Trinajstić information content (AvgIpc) is 2.66. The molecule has 2 rings (SSSR count). The van der Waals surface area contributed by atoms with Crippen molar-refractivity contribution in [3.63, 3.8) is 0 Å². The zero-order chi connectivity index (χ0) is 13.1. The molecule has 0 saturated carbocycles. The van der Waals surface area contributed by atoms with Gasteiger partial charge in [-0.3, -0.25) is 4.79 Å². The summed E-state index contributed by atoms with van der Waals surface area (Å²) in [5, 5.41) is 8.48.